The Morgan fingerprint density at radius 2 is 2.23 bits per heavy atom. The molecule has 5 nitrogen and oxygen atoms in total. The summed E-state index contributed by atoms with van der Waals surface area (Å²) in [6.45, 7) is 2.80. The van der Waals surface area contributed by atoms with Crippen LogP contribution in [0.25, 0.3) is 10.9 Å². The lowest BCUT2D eigenvalue weighted by atomic mass is 10.1. The van der Waals surface area contributed by atoms with E-state index in [1.165, 1.54) is 12.8 Å². The average Bonchev–Trinajstić information content (AvgIpc) is 2.77. The summed E-state index contributed by atoms with van der Waals surface area (Å²) >= 11 is 5.94. The fourth-order valence-corrected chi connectivity index (χ4v) is 3.21. The van der Waals surface area contributed by atoms with Gasteiger partial charge in [-0.2, -0.15) is 0 Å². The van der Waals surface area contributed by atoms with E-state index in [1.54, 1.807) is 18.2 Å². The van der Waals surface area contributed by atoms with Crippen molar-refractivity contribution in [3.8, 4) is 0 Å². The van der Waals surface area contributed by atoms with E-state index in [0.717, 1.165) is 19.5 Å². The molecule has 0 aliphatic carbocycles. The predicted molar refractivity (Wildman–Crippen MR) is 89.3 cm³/mol. The van der Waals surface area contributed by atoms with Crippen molar-refractivity contribution in [2.45, 2.75) is 31.8 Å². The second kappa shape index (κ2) is 6.77. The van der Waals surface area contributed by atoms with Crippen LogP contribution in [0.4, 0.5) is 0 Å². The number of hydrogen-bond acceptors (Lipinski definition) is 4. The minimum absolute atomic E-state index is 0.126. The van der Waals surface area contributed by atoms with Crippen LogP contribution >= 0.6 is 11.6 Å². The van der Waals surface area contributed by atoms with Crippen molar-refractivity contribution >= 4 is 22.5 Å². The molecule has 118 valence electrons. The van der Waals surface area contributed by atoms with E-state index in [0.29, 0.717) is 34.3 Å². The number of rotatable bonds is 3. The fourth-order valence-electron chi connectivity index (χ4n) is 3.04. The molecule has 0 bridgehead atoms. The summed E-state index contributed by atoms with van der Waals surface area (Å²) in [5.41, 5.74) is 0.567. The second-order valence-electron chi connectivity index (χ2n) is 5.92. The van der Waals surface area contributed by atoms with Crippen LogP contribution in [0.2, 0.25) is 5.02 Å². The number of H-pyrrole nitrogens is 1. The van der Waals surface area contributed by atoms with Crippen LogP contribution in [-0.2, 0) is 6.54 Å². The van der Waals surface area contributed by atoms with Crippen molar-refractivity contribution < 1.29 is 0 Å². The SMILES string of the molecule is CN(Cc1nc2ccc(Cl)cc2c(=O)[nH]1)C1CCCNCC1. The maximum absolute atomic E-state index is 12.2. The van der Waals surface area contributed by atoms with Gasteiger partial charge in [0.1, 0.15) is 5.82 Å². The van der Waals surface area contributed by atoms with Gasteiger partial charge in [-0.15, -0.1) is 0 Å². The van der Waals surface area contributed by atoms with E-state index in [9.17, 15) is 4.79 Å². The lowest BCUT2D eigenvalue weighted by molar-refractivity contribution is 0.212. The van der Waals surface area contributed by atoms with Gasteiger partial charge in [0.05, 0.1) is 17.4 Å². The summed E-state index contributed by atoms with van der Waals surface area (Å²) < 4.78 is 0. The van der Waals surface area contributed by atoms with Crippen molar-refractivity contribution in [1.29, 1.82) is 0 Å². The van der Waals surface area contributed by atoms with Gasteiger partial charge < -0.3 is 10.3 Å². The molecule has 1 unspecified atom stereocenters. The van der Waals surface area contributed by atoms with Crippen LogP contribution in [0, 0.1) is 0 Å². The third-order valence-corrected chi connectivity index (χ3v) is 4.52. The maximum Gasteiger partial charge on any atom is 0.258 e. The summed E-state index contributed by atoms with van der Waals surface area (Å²) in [7, 11) is 2.10. The largest absolute Gasteiger partial charge is 0.317 e. The Hall–Kier alpha value is -1.43. The summed E-state index contributed by atoms with van der Waals surface area (Å²) in [6, 6.07) is 5.75. The third kappa shape index (κ3) is 3.48. The molecular weight excluding hydrogens is 300 g/mol. The zero-order valence-corrected chi connectivity index (χ0v) is 13.5. The molecule has 6 heteroatoms. The van der Waals surface area contributed by atoms with E-state index >= 15 is 0 Å². The van der Waals surface area contributed by atoms with Crippen LogP contribution in [0.15, 0.2) is 23.0 Å². The van der Waals surface area contributed by atoms with E-state index in [4.69, 9.17) is 11.6 Å². The van der Waals surface area contributed by atoms with Crippen LogP contribution in [-0.4, -0.2) is 41.0 Å². The Morgan fingerprint density at radius 1 is 1.36 bits per heavy atom. The van der Waals surface area contributed by atoms with Gasteiger partial charge in [0.15, 0.2) is 0 Å². The normalized spacial score (nSPS) is 19.5. The molecule has 2 heterocycles. The molecule has 1 fully saturated rings. The van der Waals surface area contributed by atoms with E-state index in [2.05, 4.69) is 27.2 Å². The summed E-state index contributed by atoms with van der Waals surface area (Å²) in [4.78, 5) is 21.9. The number of benzene rings is 1. The van der Waals surface area contributed by atoms with Gasteiger partial charge in [-0.1, -0.05) is 11.6 Å². The number of nitrogens with one attached hydrogen (secondary N) is 2. The van der Waals surface area contributed by atoms with Gasteiger partial charge >= 0.3 is 0 Å². The molecule has 1 aromatic heterocycles. The topological polar surface area (TPSA) is 61.0 Å². The van der Waals surface area contributed by atoms with Crippen molar-refractivity contribution in [3.63, 3.8) is 0 Å². The molecule has 0 saturated carbocycles. The third-order valence-electron chi connectivity index (χ3n) is 4.28. The zero-order valence-electron chi connectivity index (χ0n) is 12.7. The van der Waals surface area contributed by atoms with Crippen molar-refractivity contribution in [3.05, 3.63) is 39.4 Å². The van der Waals surface area contributed by atoms with Gasteiger partial charge in [0.2, 0.25) is 0 Å². The lowest BCUT2D eigenvalue weighted by Gasteiger charge is -2.26. The summed E-state index contributed by atoms with van der Waals surface area (Å²) in [5.74, 6) is 0.708. The van der Waals surface area contributed by atoms with Gasteiger partial charge in [-0.25, -0.2) is 4.98 Å². The molecule has 1 saturated heterocycles. The number of aromatic nitrogens is 2. The maximum atomic E-state index is 12.2. The highest BCUT2D eigenvalue weighted by Gasteiger charge is 2.17. The predicted octanol–water partition coefficient (Wildman–Crippen LogP) is 2.15. The van der Waals surface area contributed by atoms with Crippen LogP contribution in [0.5, 0.6) is 0 Å². The molecule has 1 atom stereocenters. The monoisotopic (exact) mass is 320 g/mol. The first kappa shape index (κ1) is 15.5. The molecule has 2 aromatic rings. The van der Waals surface area contributed by atoms with Crippen LogP contribution < -0.4 is 10.9 Å². The minimum atomic E-state index is -0.126. The van der Waals surface area contributed by atoms with Crippen LogP contribution in [0.3, 0.4) is 0 Å². The standard InChI is InChI=1S/C16H21ClN4O/c1-21(12-3-2-7-18-8-6-12)10-15-19-14-5-4-11(17)9-13(14)16(22)20-15/h4-5,9,12,18H,2-3,6-8,10H2,1H3,(H,19,20,22). The average molecular weight is 321 g/mol. The zero-order chi connectivity index (χ0) is 15.5. The van der Waals surface area contributed by atoms with Gasteiger partial charge in [0.25, 0.3) is 5.56 Å². The molecule has 3 rings (SSSR count). The molecule has 1 aliphatic heterocycles. The summed E-state index contributed by atoms with van der Waals surface area (Å²) in [6.07, 6.45) is 3.50. The molecule has 22 heavy (non-hydrogen) atoms. The number of aromatic amines is 1. The molecule has 2 N–H and O–H groups in total. The highest BCUT2D eigenvalue weighted by atomic mass is 35.5. The Balaban J connectivity index is 1.81. The first-order valence-electron chi connectivity index (χ1n) is 7.73. The first-order chi connectivity index (χ1) is 10.6. The first-order valence-corrected chi connectivity index (χ1v) is 8.11. The van der Waals surface area contributed by atoms with Crippen molar-refractivity contribution in [2.24, 2.45) is 0 Å². The van der Waals surface area contributed by atoms with Gasteiger partial charge in [-0.05, 0) is 57.6 Å². The molecular formula is C16H21ClN4O. The number of halogens is 1. The van der Waals surface area contributed by atoms with Crippen molar-refractivity contribution in [1.82, 2.24) is 20.2 Å². The molecule has 0 amide bonds. The van der Waals surface area contributed by atoms with Crippen molar-refractivity contribution in [2.75, 3.05) is 20.1 Å². The highest BCUT2D eigenvalue weighted by molar-refractivity contribution is 6.31. The van der Waals surface area contributed by atoms with Crippen LogP contribution in [0.1, 0.15) is 25.1 Å². The molecule has 0 spiro atoms. The Kier molecular flexibility index (Phi) is 4.76. The Morgan fingerprint density at radius 3 is 3.09 bits per heavy atom. The molecule has 0 radical (unpaired) electrons. The number of nitrogens with zero attached hydrogens (tertiary/aromatic N) is 2. The van der Waals surface area contributed by atoms with E-state index in [1.807, 2.05) is 0 Å². The highest BCUT2D eigenvalue weighted by Crippen LogP contribution is 2.16. The van der Waals surface area contributed by atoms with Gasteiger partial charge in [0, 0.05) is 11.1 Å². The smallest absolute Gasteiger partial charge is 0.258 e. The Labute approximate surface area is 134 Å². The van der Waals surface area contributed by atoms with Gasteiger partial charge in [-0.3, -0.25) is 9.69 Å². The van der Waals surface area contributed by atoms with E-state index in [-0.39, 0.29) is 5.56 Å². The second-order valence-corrected chi connectivity index (χ2v) is 6.36. The van der Waals surface area contributed by atoms with E-state index < -0.39 is 0 Å². The lowest BCUT2D eigenvalue weighted by Crippen LogP contribution is -2.33. The fraction of sp³-hybridized carbons (Fsp3) is 0.500. The number of fused-ring (bicyclic) bond motifs is 1. The summed E-state index contributed by atoms with van der Waals surface area (Å²) in [5, 5.41) is 4.51. The number of hydrogen-bond donors (Lipinski definition) is 2. The minimum Gasteiger partial charge on any atom is -0.317 e. The molecule has 1 aromatic carbocycles. The Bertz CT molecular complexity index is 707. The quantitative estimate of drug-likeness (QED) is 0.909. The molecule has 1 aliphatic rings.